The quantitative estimate of drug-likeness (QED) is 0.853. The molecular formula is C20H18N2O3. The lowest BCUT2D eigenvalue weighted by Gasteiger charge is -2.19. The average molecular weight is 334 g/mol. The second-order valence-electron chi connectivity index (χ2n) is 5.78. The fourth-order valence-corrected chi connectivity index (χ4v) is 2.58. The molecule has 0 aromatic heterocycles. The van der Waals surface area contributed by atoms with Crippen LogP contribution in [0.2, 0.25) is 0 Å². The number of rotatable bonds is 5. The molecule has 0 unspecified atom stereocenters. The maximum atomic E-state index is 12.0. The van der Waals surface area contributed by atoms with E-state index in [9.17, 15) is 14.4 Å². The summed E-state index contributed by atoms with van der Waals surface area (Å²) in [4.78, 5) is 36.1. The SMILES string of the molecule is O=C(CN1C=CCC(=O)C1=O)NCc1ccc(-c2ccccc2)cc1. The molecule has 1 N–H and O–H groups in total. The third kappa shape index (κ3) is 4.20. The molecule has 1 aliphatic rings. The van der Waals surface area contributed by atoms with Crippen molar-refractivity contribution in [2.45, 2.75) is 13.0 Å². The second kappa shape index (κ2) is 7.57. The fraction of sp³-hybridized carbons (Fsp3) is 0.150. The molecule has 2 aromatic rings. The molecule has 2 amide bonds. The standard InChI is InChI=1S/C20H18N2O3/c23-18-7-4-12-22(20(18)25)14-19(24)21-13-15-8-10-17(11-9-15)16-5-2-1-3-6-16/h1-6,8-12H,7,13-14H2,(H,21,24). The molecule has 0 radical (unpaired) electrons. The van der Waals surface area contributed by atoms with Gasteiger partial charge in [-0.2, -0.15) is 0 Å². The van der Waals surface area contributed by atoms with Gasteiger partial charge in [0.1, 0.15) is 6.54 Å². The Balaban J connectivity index is 1.54. The molecule has 0 spiro atoms. The van der Waals surface area contributed by atoms with Crippen molar-refractivity contribution in [1.82, 2.24) is 10.2 Å². The van der Waals surface area contributed by atoms with Crippen molar-refractivity contribution in [3.05, 3.63) is 72.4 Å². The van der Waals surface area contributed by atoms with E-state index in [1.807, 2.05) is 54.6 Å². The van der Waals surface area contributed by atoms with E-state index in [1.165, 1.54) is 6.20 Å². The minimum Gasteiger partial charge on any atom is -0.350 e. The first-order valence-corrected chi connectivity index (χ1v) is 8.05. The molecule has 2 aromatic carbocycles. The number of ketones is 1. The van der Waals surface area contributed by atoms with Gasteiger partial charge in [-0.25, -0.2) is 0 Å². The average Bonchev–Trinajstić information content (AvgIpc) is 2.65. The first-order chi connectivity index (χ1) is 12.1. The molecule has 0 bridgehead atoms. The maximum absolute atomic E-state index is 12.0. The highest BCUT2D eigenvalue weighted by molar-refractivity contribution is 6.37. The predicted octanol–water partition coefficient (Wildman–Crippen LogP) is 2.28. The first-order valence-electron chi connectivity index (χ1n) is 8.05. The van der Waals surface area contributed by atoms with Crippen LogP contribution in [0.5, 0.6) is 0 Å². The molecule has 126 valence electrons. The molecule has 25 heavy (non-hydrogen) atoms. The van der Waals surface area contributed by atoms with Crippen LogP contribution >= 0.6 is 0 Å². The normalized spacial score (nSPS) is 13.8. The van der Waals surface area contributed by atoms with Gasteiger partial charge in [-0.1, -0.05) is 60.7 Å². The number of hydrogen-bond acceptors (Lipinski definition) is 3. The van der Waals surface area contributed by atoms with Crippen molar-refractivity contribution < 1.29 is 14.4 Å². The lowest BCUT2D eigenvalue weighted by Crippen LogP contribution is -2.41. The summed E-state index contributed by atoms with van der Waals surface area (Å²) in [6.07, 6.45) is 3.17. The molecule has 0 saturated carbocycles. The summed E-state index contributed by atoms with van der Waals surface area (Å²) in [5.41, 5.74) is 3.21. The van der Waals surface area contributed by atoms with E-state index >= 15 is 0 Å². The lowest BCUT2D eigenvalue weighted by molar-refractivity contribution is -0.144. The van der Waals surface area contributed by atoms with Crippen molar-refractivity contribution in [3.8, 4) is 11.1 Å². The minimum atomic E-state index is -0.634. The Kier molecular flexibility index (Phi) is 5.04. The Bertz CT molecular complexity index is 811. The summed E-state index contributed by atoms with van der Waals surface area (Å²) in [5.74, 6) is -1.43. The molecule has 0 fully saturated rings. The number of nitrogens with one attached hydrogen (secondary N) is 1. The summed E-state index contributed by atoms with van der Waals surface area (Å²) in [5, 5.41) is 2.76. The fourth-order valence-electron chi connectivity index (χ4n) is 2.58. The van der Waals surface area contributed by atoms with Gasteiger partial charge in [0.25, 0.3) is 5.91 Å². The van der Waals surface area contributed by atoms with Gasteiger partial charge < -0.3 is 10.2 Å². The molecule has 0 saturated heterocycles. The molecule has 0 atom stereocenters. The summed E-state index contributed by atoms with van der Waals surface area (Å²) in [7, 11) is 0. The van der Waals surface area contributed by atoms with E-state index in [-0.39, 0.29) is 18.9 Å². The number of nitrogens with zero attached hydrogens (tertiary/aromatic N) is 1. The molecule has 0 aliphatic carbocycles. The van der Waals surface area contributed by atoms with Crippen LogP contribution in [0.25, 0.3) is 11.1 Å². The van der Waals surface area contributed by atoms with Crippen LogP contribution in [-0.4, -0.2) is 29.0 Å². The summed E-state index contributed by atoms with van der Waals surface area (Å²) in [6.45, 7) is 0.219. The van der Waals surface area contributed by atoms with E-state index in [0.29, 0.717) is 6.54 Å². The Labute approximate surface area is 146 Å². The first kappa shape index (κ1) is 16.6. The third-order valence-corrected chi connectivity index (χ3v) is 3.95. The summed E-state index contributed by atoms with van der Waals surface area (Å²) >= 11 is 0. The summed E-state index contributed by atoms with van der Waals surface area (Å²) < 4.78 is 0. The predicted molar refractivity (Wildman–Crippen MR) is 94.2 cm³/mol. The van der Waals surface area contributed by atoms with Gasteiger partial charge in [0, 0.05) is 19.2 Å². The van der Waals surface area contributed by atoms with Crippen molar-refractivity contribution in [3.63, 3.8) is 0 Å². The zero-order valence-corrected chi connectivity index (χ0v) is 13.6. The Morgan fingerprint density at radius 1 is 0.960 bits per heavy atom. The zero-order valence-electron chi connectivity index (χ0n) is 13.6. The van der Waals surface area contributed by atoms with Gasteiger partial charge in [0.05, 0.1) is 0 Å². The van der Waals surface area contributed by atoms with Gasteiger partial charge in [-0.05, 0) is 16.7 Å². The Hall–Kier alpha value is -3.21. The van der Waals surface area contributed by atoms with Gasteiger partial charge in [-0.3, -0.25) is 14.4 Å². The van der Waals surface area contributed by atoms with Gasteiger partial charge in [0.2, 0.25) is 11.7 Å². The van der Waals surface area contributed by atoms with Crippen molar-refractivity contribution in [1.29, 1.82) is 0 Å². The zero-order chi connectivity index (χ0) is 17.6. The highest BCUT2D eigenvalue weighted by atomic mass is 16.2. The number of allylic oxidation sites excluding steroid dienone is 1. The minimum absolute atomic E-state index is 0.102. The smallest absolute Gasteiger partial charge is 0.294 e. The number of amides is 2. The van der Waals surface area contributed by atoms with E-state index in [4.69, 9.17) is 0 Å². The van der Waals surface area contributed by atoms with Crippen LogP contribution in [-0.2, 0) is 20.9 Å². The van der Waals surface area contributed by atoms with Gasteiger partial charge in [0.15, 0.2) is 0 Å². The molecular weight excluding hydrogens is 316 g/mol. The number of carbonyl (C=O) groups excluding carboxylic acids is 3. The van der Waals surface area contributed by atoms with E-state index in [2.05, 4.69) is 5.32 Å². The van der Waals surface area contributed by atoms with Crippen LogP contribution in [0, 0.1) is 0 Å². The van der Waals surface area contributed by atoms with Crippen molar-refractivity contribution in [2.24, 2.45) is 0 Å². The molecule has 1 heterocycles. The van der Waals surface area contributed by atoms with Crippen LogP contribution in [0.1, 0.15) is 12.0 Å². The van der Waals surface area contributed by atoms with Gasteiger partial charge in [-0.15, -0.1) is 0 Å². The Morgan fingerprint density at radius 2 is 1.64 bits per heavy atom. The van der Waals surface area contributed by atoms with Crippen molar-refractivity contribution >= 4 is 17.6 Å². The largest absolute Gasteiger partial charge is 0.350 e. The lowest BCUT2D eigenvalue weighted by atomic mass is 10.0. The second-order valence-corrected chi connectivity index (χ2v) is 5.78. The molecule has 3 rings (SSSR count). The van der Waals surface area contributed by atoms with Crippen LogP contribution in [0.15, 0.2) is 66.9 Å². The monoisotopic (exact) mass is 334 g/mol. The van der Waals surface area contributed by atoms with E-state index in [0.717, 1.165) is 21.6 Å². The number of hydrogen-bond donors (Lipinski definition) is 1. The van der Waals surface area contributed by atoms with E-state index in [1.54, 1.807) is 6.08 Å². The molecule has 5 nitrogen and oxygen atoms in total. The topological polar surface area (TPSA) is 66.5 Å². The van der Waals surface area contributed by atoms with E-state index < -0.39 is 11.7 Å². The summed E-state index contributed by atoms with van der Waals surface area (Å²) in [6, 6.07) is 18.0. The highest BCUT2D eigenvalue weighted by Gasteiger charge is 2.24. The third-order valence-electron chi connectivity index (χ3n) is 3.95. The van der Waals surface area contributed by atoms with Crippen molar-refractivity contribution in [2.75, 3.05) is 6.54 Å². The highest BCUT2D eigenvalue weighted by Crippen LogP contribution is 2.19. The molecule has 1 aliphatic heterocycles. The maximum Gasteiger partial charge on any atom is 0.294 e. The number of benzene rings is 2. The number of carbonyl (C=O) groups is 3. The van der Waals surface area contributed by atoms with Gasteiger partial charge >= 0.3 is 0 Å². The number of Topliss-reactive ketones (excluding diaryl/α,β-unsaturated/α-hetero) is 1. The van der Waals surface area contributed by atoms with Crippen LogP contribution in [0.4, 0.5) is 0 Å². The molecule has 5 heteroatoms. The van der Waals surface area contributed by atoms with Crippen LogP contribution in [0.3, 0.4) is 0 Å². The Morgan fingerprint density at radius 3 is 2.36 bits per heavy atom. The van der Waals surface area contributed by atoms with Crippen LogP contribution < -0.4 is 5.32 Å².